The molecule has 1 aromatic rings. The van der Waals surface area contributed by atoms with Gasteiger partial charge in [-0.3, -0.25) is 0 Å². The standard InChI is InChI=1S/C16H20O5/c1-2-15(18)21-10-6-4-3-5-7-12-8-9-13(16(19)20)14(17)11-12/h2,8-9,11,17H,1,3-7,10H2,(H,19,20). The lowest BCUT2D eigenvalue weighted by atomic mass is 10.0. The third kappa shape index (κ3) is 6.12. The number of benzene rings is 1. The molecule has 0 aliphatic heterocycles. The summed E-state index contributed by atoms with van der Waals surface area (Å²) in [4.78, 5) is 21.5. The minimum Gasteiger partial charge on any atom is -0.507 e. The minimum absolute atomic E-state index is 0.0808. The van der Waals surface area contributed by atoms with Crippen molar-refractivity contribution in [3.63, 3.8) is 0 Å². The van der Waals surface area contributed by atoms with Gasteiger partial charge in [-0.15, -0.1) is 0 Å². The fourth-order valence-electron chi connectivity index (χ4n) is 1.93. The summed E-state index contributed by atoms with van der Waals surface area (Å²) in [5, 5.41) is 18.4. The Hall–Kier alpha value is -2.30. The van der Waals surface area contributed by atoms with Crippen LogP contribution in [-0.2, 0) is 16.0 Å². The molecule has 1 rings (SSSR count). The van der Waals surface area contributed by atoms with Gasteiger partial charge in [0.1, 0.15) is 11.3 Å². The molecule has 1 aromatic carbocycles. The maximum Gasteiger partial charge on any atom is 0.339 e. The fraction of sp³-hybridized carbons (Fsp3) is 0.375. The van der Waals surface area contributed by atoms with Gasteiger partial charge >= 0.3 is 11.9 Å². The Balaban J connectivity index is 2.21. The number of aromatic hydroxyl groups is 1. The maximum atomic E-state index is 10.8. The number of ether oxygens (including phenoxy) is 1. The van der Waals surface area contributed by atoms with E-state index in [1.807, 2.05) is 0 Å². The number of rotatable bonds is 9. The molecule has 0 amide bonds. The second kappa shape index (κ2) is 8.79. The van der Waals surface area contributed by atoms with Gasteiger partial charge in [-0.05, 0) is 37.0 Å². The number of hydrogen-bond acceptors (Lipinski definition) is 4. The van der Waals surface area contributed by atoms with Crippen LogP contribution in [0.15, 0.2) is 30.9 Å². The van der Waals surface area contributed by atoms with Gasteiger partial charge in [0.25, 0.3) is 0 Å². The Kier molecular flexibility index (Phi) is 7.01. The average Bonchev–Trinajstić information content (AvgIpc) is 2.45. The predicted molar refractivity (Wildman–Crippen MR) is 78.4 cm³/mol. The molecule has 0 aliphatic rings. The van der Waals surface area contributed by atoms with Crippen LogP contribution in [0.1, 0.15) is 41.6 Å². The SMILES string of the molecule is C=CC(=O)OCCCCCCc1ccc(C(=O)O)c(O)c1. The quantitative estimate of drug-likeness (QED) is 0.415. The van der Waals surface area contributed by atoms with Crippen LogP contribution in [-0.4, -0.2) is 28.8 Å². The van der Waals surface area contributed by atoms with E-state index in [9.17, 15) is 14.7 Å². The van der Waals surface area contributed by atoms with Gasteiger partial charge in [-0.2, -0.15) is 0 Å². The fourth-order valence-corrected chi connectivity index (χ4v) is 1.93. The highest BCUT2D eigenvalue weighted by Gasteiger charge is 2.09. The molecular formula is C16H20O5. The molecule has 0 unspecified atom stereocenters. The highest BCUT2D eigenvalue weighted by atomic mass is 16.5. The van der Waals surface area contributed by atoms with Crippen molar-refractivity contribution in [3.05, 3.63) is 42.0 Å². The molecule has 0 bridgehead atoms. The van der Waals surface area contributed by atoms with Gasteiger partial charge in [-0.1, -0.05) is 25.5 Å². The van der Waals surface area contributed by atoms with Crippen molar-refractivity contribution in [1.29, 1.82) is 0 Å². The Morgan fingerprint density at radius 1 is 1.19 bits per heavy atom. The minimum atomic E-state index is -1.13. The maximum absolute atomic E-state index is 10.8. The van der Waals surface area contributed by atoms with E-state index in [-0.39, 0.29) is 11.3 Å². The van der Waals surface area contributed by atoms with E-state index in [0.29, 0.717) is 6.61 Å². The summed E-state index contributed by atoms with van der Waals surface area (Å²) in [5.41, 5.74) is 0.832. The number of unbranched alkanes of at least 4 members (excludes halogenated alkanes) is 3. The first-order chi connectivity index (χ1) is 10.0. The summed E-state index contributed by atoms with van der Waals surface area (Å²) >= 11 is 0. The van der Waals surface area contributed by atoms with Crippen LogP contribution in [0.5, 0.6) is 5.75 Å². The molecule has 0 spiro atoms. The van der Waals surface area contributed by atoms with Crippen molar-refractivity contribution < 1.29 is 24.5 Å². The molecule has 2 N–H and O–H groups in total. The van der Waals surface area contributed by atoms with Gasteiger partial charge in [0, 0.05) is 6.08 Å². The molecule has 21 heavy (non-hydrogen) atoms. The number of aryl methyl sites for hydroxylation is 1. The van der Waals surface area contributed by atoms with Crippen LogP contribution in [0.3, 0.4) is 0 Å². The molecule has 5 heteroatoms. The Morgan fingerprint density at radius 3 is 2.52 bits per heavy atom. The summed E-state index contributed by atoms with van der Waals surface area (Å²) < 4.78 is 4.86. The molecule has 0 saturated carbocycles. The summed E-state index contributed by atoms with van der Waals surface area (Å²) in [6, 6.07) is 4.63. The van der Waals surface area contributed by atoms with E-state index < -0.39 is 11.9 Å². The lowest BCUT2D eigenvalue weighted by molar-refractivity contribution is -0.137. The smallest absolute Gasteiger partial charge is 0.339 e. The third-order valence-corrected chi connectivity index (χ3v) is 3.06. The number of carbonyl (C=O) groups is 2. The van der Waals surface area contributed by atoms with Crippen LogP contribution in [0.4, 0.5) is 0 Å². The van der Waals surface area contributed by atoms with E-state index in [0.717, 1.165) is 43.7 Å². The normalized spacial score (nSPS) is 10.1. The highest BCUT2D eigenvalue weighted by molar-refractivity contribution is 5.90. The van der Waals surface area contributed by atoms with Crippen molar-refractivity contribution in [1.82, 2.24) is 0 Å². The van der Waals surface area contributed by atoms with Crippen LogP contribution >= 0.6 is 0 Å². The Labute approximate surface area is 123 Å². The van der Waals surface area contributed by atoms with E-state index in [1.54, 1.807) is 6.07 Å². The second-order valence-electron chi connectivity index (χ2n) is 4.69. The molecular weight excluding hydrogens is 272 g/mol. The van der Waals surface area contributed by atoms with Crippen LogP contribution in [0, 0.1) is 0 Å². The monoisotopic (exact) mass is 292 g/mol. The molecule has 0 saturated heterocycles. The average molecular weight is 292 g/mol. The van der Waals surface area contributed by atoms with Crippen LogP contribution < -0.4 is 0 Å². The van der Waals surface area contributed by atoms with Gasteiger partial charge in [-0.25, -0.2) is 9.59 Å². The molecule has 0 aliphatic carbocycles. The number of carbonyl (C=O) groups excluding carboxylic acids is 1. The summed E-state index contributed by atoms with van der Waals surface area (Å²) in [7, 11) is 0. The Bertz CT molecular complexity index is 507. The number of carboxylic acid groups (broad SMARTS) is 1. The summed E-state index contributed by atoms with van der Waals surface area (Å²) in [6.07, 6.45) is 5.59. The number of esters is 1. The highest BCUT2D eigenvalue weighted by Crippen LogP contribution is 2.20. The molecule has 0 atom stereocenters. The van der Waals surface area contributed by atoms with Crippen molar-refractivity contribution >= 4 is 11.9 Å². The third-order valence-electron chi connectivity index (χ3n) is 3.06. The van der Waals surface area contributed by atoms with Gasteiger partial charge < -0.3 is 14.9 Å². The zero-order chi connectivity index (χ0) is 15.7. The van der Waals surface area contributed by atoms with Crippen LogP contribution in [0.2, 0.25) is 0 Å². The van der Waals surface area contributed by atoms with Gasteiger partial charge in [0.2, 0.25) is 0 Å². The number of aromatic carboxylic acids is 1. The molecule has 0 heterocycles. The molecule has 0 radical (unpaired) electrons. The largest absolute Gasteiger partial charge is 0.507 e. The summed E-state index contributed by atoms with van der Waals surface area (Å²) in [6.45, 7) is 3.72. The van der Waals surface area contributed by atoms with Crippen LogP contribution in [0.25, 0.3) is 0 Å². The Morgan fingerprint density at radius 2 is 1.90 bits per heavy atom. The topological polar surface area (TPSA) is 83.8 Å². The zero-order valence-corrected chi connectivity index (χ0v) is 11.9. The number of phenols is 1. The second-order valence-corrected chi connectivity index (χ2v) is 4.69. The first kappa shape index (κ1) is 16.8. The molecule has 0 aromatic heterocycles. The molecule has 114 valence electrons. The lowest BCUT2D eigenvalue weighted by Crippen LogP contribution is -2.01. The van der Waals surface area contributed by atoms with Crippen molar-refractivity contribution in [2.24, 2.45) is 0 Å². The van der Waals surface area contributed by atoms with E-state index >= 15 is 0 Å². The van der Waals surface area contributed by atoms with Crippen molar-refractivity contribution in [2.45, 2.75) is 32.1 Å². The first-order valence-electron chi connectivity index (χ1n) is 6.89. The van der Waals surface area contributed by atoms with Gasteiger partial charge in [0.15, 0.2) is 0 Å². The zero-order valence-electron chi connectivity index (χ0n) is 11.9. The van der Waals surface area contributed by atoms with E-state index in [1.165, 1.54) is 12.1 Å². The number of carboxylic acids is 1. The van der Waals surface area contributed by atoms with Crippen molar-refractivity contribution in [3.8, 4) is 5.75 Å². The summed E-state index contributed by atoms with van der Waals surface area (Å²) in [5.74, 6) is -1.73. The van der Waals surface area contributed by atoms with Crippen molar-refractivity contribution in [2.75, 3.05) is 6.61 Å². The van der Waals surface area contributed by atoms with Gasteiger partial charge in [0.05, 0.1) is 6.61 Å². The number of hydrogen-bond donors (Lipinski definition) is 2. The van der Waals surface area contributed by atoms with E-state index in [4.69, 9.17) is 9.84 Å². The van der Waals surface area contributed by atoms with E-state index in [2.05, 4.69) is 6.58 Å². The lowest BCUT2D eigenvalue weighted by Gasteiger charge is -2.05. The molecule has 0 fully saturated rings. The predicted octanol–water partition coefficient (Wildman–Crippen LogP) is 2.92. The first-order valence-corrected chi connectivity index (χ1v) is 6.89. The molecule has 5 nitrogen and oxygen atoms in total.